The number of halogens is 1. The lowest BCUT2D eigenvalue weighted by Crippen LogP contribution is -2.28. The van der Waals surface area contributed by atoms with E-state index in [0.717, 1.165) is 6.42 Å². The Bertz CT molecular complexity index is 593. The van der Waals surface area contributed by atoms with E-state index in [9.17, 15) is 9.18 Å². The minimum absolute atomic E-state index is 0.0346. The van der Waals surface area contributed by atoms with Crippen molar-refractivity contribution in [3.05, 3.63) is 29.6 Å². The van der Waals surface area contributed by atoms with Crippen LogP contribution in [0.3, 0.4) is 0 Å². The Kier molecular flexibility index (Phi) is 3.98. The standard InChI is InChI=1S/C17H25FN2O2/c1-15(2,3)22-14(21)20-11-6-7-13(18)12(8-11)17(10-19)9-16(17,4)5/h6-8H,9-10,19H2,1-5H3,(H,20,21). The van der Waals surface area contributed by atoms with Gasteiger partial charge in [0.15, 0.2) is 0 Å². The highest BCUT2D eigenvalue weighted by atomic mass is 19.1. The molecular formula is C17H25FN2O2. The third kappa shape index (κ3) is 3.09. The zero-order valence-corrected chi connectivity index (χ0v) is 13.9. The van der Waals surface area contributed by atoms with Crippen LogP contribution >= 0.6 is 0 Å². The summed E-state index contributed by atoms with van der Waals surface area (Å²) in [7, 11) is 0. The predicted molar refractivity (Wildman–Crippen MR) is 85.4 cm³/mol. The smallest absolute Gasteiger partial charge is 0.412 e. The maximum atomic E-state index is 14.2. The molecule has 22 heavy (non-hydrogen) atoms. The van der Waals surface area contributed by atoms with Crippen LogP contribution in [0, 0.1) is 11.2 Å². The van der Waals surface area contributed by atoms with Crippen molar-refractivity contribution in [3.63, 3.8) is 0 Å². The lowest BCUT2D eigenvalue weighted by molar-refractivity contribution is 0.0636. The van der Waals surface area contributed by atoms with Crippen LogP contribution in [0.15, 0.2) is 18.2 Å². The Morgan fingerprint density at radius 3 is 2.45 bits per heavy atom. The third-order valence-corrected chi connectivity index (χ3v) is 4.39. The van der Waals surface area contributed by atoms with E-state index in [-0.39, 0.29) is 16.6 Å². The van der Waals surface area contributed by atoms with Gasteiger partial charge in [-0.2, -0.15) is 0 Å². The summed E-state index contributed by atoms with van der Waals surface area (Å²) < 4.78 is 19.5. The van der Waals surface area contributed by atoms with Crippen molar-refractivity contribution in [3.8, 4) is 0 Å². The fourth-order valence-corrected chi connectivity index (χ4v) is 3.02. The molecule has 1 saturated carbocycles. The summed E-state index contributed by atoms with van der Waals surface area (Å²) in [6.45, 7) is 9.91. The highest BCUT2D eigenvalue weighted by Gasteiger charge is 2.62. The van der Waals surface area contributed by atoms with E-state index in [0.29, 0.717) is 17.8 Å². The van der Waals surface area contributed by atoms with Crippen molar-refractivity contribution in [1.29, 1.82) is 0 Å². The summed E-state index contributed by atoms with van der Waals surface area (Å²) in [5.74, 6) is -0.286. The van der Waals surface area contributed by atoms with Gasteiger partial charge in [0.25, 0.3) is 0 Å². The van der Waals surface area contributed by atoms with Crippen molar-refractivity contribution >= 4 is 11.8 Å². The maximum absolute atomic E-state index is 14.2. The second kappa shape index (κ2) is 5.23. The summed E-state index contributed by atoms with van der Waals surface area (Å²) in [5, 5.41) is 2.65. The van der Waals surface area contributed by atoms with E-state index in [4.69, 9.17) is 10.5 Å². The topological polar surface area (TPSA) is 64.3 Å². The highest BCUT2D eigenvalue weighted by Crippen LogP contribution is 2.64. The summed E-state index contributed by atoms with van der Waals surface area (Å²) in [6.07, 6.45) is 0.283. The summed E-state index contributed by atoms with van der Waals surface area (Å²) >= 11 is 0. The minimum atomic E-state index is -0.579. The van der Waals surface area contributed by atoms with E-state index in [1.54, 1.807) is 26.8 Å². The molecule has 0 aliphatic heterocycles. The van der Waals surface area contributed by atoms with Gasteiger partial charge in [-0.25, -0.2) is 9.18 Å². The van der Waals surface area contributed by atoms with Gasteiger partial charge in [0, 0.05) is 17.6 Å². The van der Waals surface area contributed by atoms with E-state index in [1.165, 1.54) is 12.1 Å². The molecular weight excluding hydrogens is 283 g/mol. The number of nitrogens with one attached hydrogen (secondary N) is 1. The molecule has 1 unspecified atom stereocenters. The second-order valence-corrected chi connectivity index (χ2v) is 7.67. The van der Waals surface area contributed by atoms with Crippen molar-refractivity contribution in [2.24, 2.45) is 11.1 Å². The van der Waals surface area contributed by atoms with Crippen LogP contribution in [-0.4, -0.2) is 18.2 Å². The molecule has 3 N–H and O–H groups in total. The van der Waals surface area contributed by atoms with Gasteiger partial charge >= 0.3 is 6.09 Å². The molecule has 1 aliphatic carbocycles. The van der Waals surface area contributed by atoms with Gasteiger partial charge in [-0.1, -0.05) is 13.8 Å². The van der Waals surface area contributed by atoms with E-state index >= 15 is 0 Å². The number of hydrogen-bond acceptors (Lipinski definition) is 3. The molecule has 0 bridgehead atoms. The molecule has 122 valence electrons. The predicted octanol–water partition coefficient (Wildman–Crippen LogP) is 3.80. The van der Waals surface area contributed by atoms with E-state index < -0.39 is 11.7 Å². The van der Waals surface area contributed by atoms with Gasteiger partial charge in [-0.05, 0) is 56.4 Å². The number of amides is 1. The second-order valence-electron chi connectivity index (χ2n) is 7.67. The van der Waals surface area contributed by atoms with Crippen LogP contribution in [0.1, 0.15) is 46.6 Å². The first-order valence-corrected chi connectivity index (χ1v) is 7.51. The molecule has 2 rings (SSSR count). The molecule has 4 nitrogen and oxygen atoms in total. The average Bonchev–Trinajstić information content (AvgIpc) is 2.92. The average molecular weight is 308 g/mol. The van der Waals surface area contributed by atoms with Gasteiger partial charge in [-0.15, -0.1) is 0 Å². The number of carbonyl (C=O) groups is 1. The molecule has 1 atom stereocenters. The first kappa shape index (κ1) is 16.7. The van der Waals surface area contributed by atoms with Gasteiger partial charge in [0.2, 0.25) is 0 Å². The normalized spacial score (nSPS) is 23.0. The molecule has 0 spiro atoms. The Morgan fingerprint density at radius 1 is 1.41 bits per heavy atom. The molecule has 1 fully saturated rings. The third-order valence-electron chi connectivity index (χ3n) is 4.39. The van der Waals surface area contributed by atoms with Crippen LogP contribution in [0.2, 0.25) is 0 Å². The lowest BCUT2D eigenvalue weighted by Gasteiger charge is -2.22. The molecule has 0 aromatic heterocycles. The number of ether oxygens (including phenoxy) is 1. The number of rotatable bonds is 3. The Hall–Kier alpha value is -1.62. The fourth-order valence-electron chi connectivity index (χ4n) is 3.02. The maximum Gasteiger partial charge on any atom is 0.412 e. The molecule has 1 aromatic rings. The van der Waals surface area contributed by atoms with Crippen LogP contribution in [0.5, 0.6) is 0 Å². The fraction of sp³-hybridized carbons (Fsp3) is 0.588. The Morgan fingerprint density at radius 2 is 2.00 bits per heavy atom. The van der Waals surface area contributed by atoms with Gasteiger partial charge in [0.05, 0.1) is 0 Å². The SMILES string of the molecule is CC(C)(C)OC(=O)Nc1ccc(F)c(C2(CN)CC2(C)C)c1. The van der Waals surface area contributed by atoms with E-state index in [2.05, 4.69) is 19.2 Å². The molecule has 1 amide bonds. The Balaban J connectivity index is 2.23. The van der Waals surface area contributed by atoms with Crippen molar-refractivity contribution < 1.29 is 13.9 Å². The monoisotopic (exact) mass is 308 g/mol. The molecule has 1 aromatic carbocycles. The van der Waals surface area contributed by atoms with Crippen LogP contribution in [0.25, 0.3) is 0 Å². The number of carbonyl (C=O) groups excluding carboxylic acids is 1. The summed E-state index contributed by atoms with van der Waals surface area (Å²) in [6, 6.07) is 4.57. The Labute approximate surface area is 131 Å². The van der Waals surface area contributed by atoms with Gasteiger partial charge < -0.3 is 10.5 Å². The first-order valence-electron chi connectivity index (χ1n) is 7.51. The molecule has 1 aliphatic rings. The molecule has 0 saturated heterocycles. The zero-order valence-electron chi connectivity index (χ0n) is 13.9. The number of hydrogen-bond donors (Lipinski definition) is 2. The summed E-state index contributed by atoms with van der Waals surface area (Å²) in [5.41, 5.74) is 6.01. The minimum Gasteiger partial charge on any atom is -0.444 e. The largest absolute Gasteiger partial charge is 0.444 e. The van der Waals surface area contributed by atoms with Crippen LogP contribution in [0.4, 0.5) is 14.9 Å². The number of benzene rings is 1. The van der Waals surface area contributed by atoms with Crippen molar-refractivity contribution in [1.82, 2.24) is 0 Å². The van der Waals surface area contributed by atoms with Gasteiger partial charge in [0.1, 0.15) is 11.4 Å². The van der Waals surface area contributed by atoms with Crippen molar-refractivity contribution in [2.45, 2.75) is 52.1 Å². The zero-order chi connectivity index (χ0) is 16.8. The summed E-state index contributed by atoms with van der Waals surface area (Å²) in [4.78, 5) is 11.8. The number of nitrogens with two attached hydrogens (primary N) is 1. The van der Waals surface area contributed by atoms with Crippen LogP contribution in [-0.2, 0) is 10.2 Å². The molecule has 0 heterocycles. The highest BCUT2D eigenvalue weighted by molar-refractivity contribution is 5.85. The van der Waals surface area contributed by atoms with Crippen molar-refractivity contribution in [2.75, 3.05) is 11.9 Å². The quantitative estimate of drug-likeness (QED) is 0.892. The van der Waals surface area contributed by atoms with E-state index in [1.807, 2.05) is 0 Å². The number of anilines is 1. The molecule has 5 heteroatoms. The van der Waals surface area contributed by atoms with Crippen LogP contribution < -0.4 is 11.1 Å². The molecule has 0 radical (unpaired) electrons. The first-order chi connectivity index (χ1) is 10.0. The van der Waals surface area contributed by atoms with Gasteiger partial charge in [-0.3, -0.25) is 5.32 Å². The lowest BCUT2D eigenvalue weighted by atomic mass is 9.87.